The van der Waals surface area contributed by atoms with Crippen LogP contribution in [0.5, 0.6) is 0 Å². The molecule has 0 atom stereocenters. The number of carbonyl (C=O) groups is 1. The van der Waals surface area contributed by atoms with E-state index in [2.05, 4.69) is 25.6 Å². The van der Waals surface area contributed by atoms with Crippen molar-refractivity contribution < 1.29 is 9.21 Å². The average molecular weight is 406 g/mol. The summed E-state index contributed by atoms with van der Waals surface area (Å²) in [6.07, 6.45) is 4.93. The first-order valence-electron chi connectivity index (χ1n) is 8.93. The number of hydrogen-bond acceptors (Lipinski definition) is 7. The number of nitrogens with zero attached hydrogens (tertiary/aromatic N) is 5. The Kier molecular flexibility index (Phi) is 5.66. The molecule has 3 heterocycles. The van der Waals surface area contributed by atoms with Gasteiger partial charge < -0.3 is 9.73 Å². The molecule has 4 aromatic rings. The predicted molar refractivity (Wildman–Crippen MR) is 108 cm³/mol. The minimum absolute atomic E-state index is 0.264. The third kappa shape index (κ3) is 4.52. The number of hydrogen-bond donors (Lipinski definition) is 1. The molecule has 3 aromatic heterocycles. The summed E-state index contributed by atoms with van der Waals surface area (Å²) in [4.78, 5) is 21.2. The summed E-state index contributed by atoms with van der Waals surface area (Å²) in [6, 6.07) is 13.2. The second-order valence-corrected chi connectivity index (χ2v) is 7.16. The van der Waals surface area contributed by atoms with Gasteiger partial charge in [0, 0.05) is 18.1 Å². The number of furan rings is 1. The smallest absolute Gasteiger partial charge is 0.274 e. The lowest BCUT2D eigenvalue weighted by Crippen LogP contribution is -2.24. The average Bonchev–Trinajstić information content (AvgIpc) is 3.42. The van der Waals surface area contributed by atoms with Crippen LogP contribution in [0.2, 0.25) is 0 Å². The highest BCUT2D eigenvalue weighted by Gasteiger charge is 2.21. The van der Waals surface area contributed by atoms with Crippen LogP contribution in [0, 0.1) is 6.92 Å². The minimum atomic E-state index is -0.315. The molecule has 0 spiro atoms. The van der Waals surface area contributed by atoms with Crippen LogP contribution in [-0.2, 0) is 12.3 Å². The van der Waals surface area contributed by atoms with Crippen molar-refractivity contribution in [3.8, 4) is 5.69 Å². The molecule has 0 bridgehead atoms. The molecule has 1 aromatic carbocycles. The fourth-order valence-electron chi connectivity index (χ4n) is 2.66. The molecule has 0 saturated heterocycles. The number of thioether (sulfide) groups is 1. The van der Waals surface area contributed by atoms with Gasteiger partial charge in [0.1, 0.15) is 5.76 Å². The van der Waals surface area contributed by atoms with E-state index in [1.807, 2.05) is 31.2 Å². The first kappa shape index (κ1) is 18.9. The summed E-state index contributed by atoms with van der Waals surface area (Å²) >= 11 is 1.42. The molecule has 0 saturated carbocycles. The number of nitrogens with one attached hydrogen (secondary N) is 1. The Labute approximate surface area is 171 Å². The van der Waals surface area contributed by atoms with Gasteiger partial charge in [0.25, 0.3) is 5.91 Å². The Balaban J connectivity index is 1.60. The molecule has 9 heteroatoms. The van der Waals surface area contributed by atoms with Crippen LogP contribution in [0.4, 0.5) is 0 Å². The van der Waals surface area contributed by atoms with Crippen LogP contribution in [0.25, 0.3) is 5.69 Å². The van der Waals surface area contributed by atoms with Gasteiger partial charge >= 0.3 is 0 Å². The molecular weight excluding hydrogens is 388 g/mol. The normalized spacial score (nSPS) is 10.8. The maximum Gasteiger partial charge on any atom is 0.274 e. The van der Waals surface area contributed by atoms with E-state index in [1.54, 1.807) is 41.5 Å². The second-order valence-electron chi connectivity index (χ2n) is 6.21. The molecule has 0 fully saturated rings. The van der Waals surface area contributed by atoms with Gasteiger partial charge in [-0.05, 0) is 37.3 Å². The van der Waals surface area contributed by atoms with Crippen LogP contribution in [0.3, 0.4) is 0 Å². The first-order chi connectivity index (χ1) is 14.2. The third-order valence-corrected chi connectivity index (χ3v) is 5.03. The largest absolute Gasteiger partial charge is 0.467 e. The summed E-state index contributed by atoms with van der Waals surface area (Å²) in [7, 11) is 0. The Hall–Kier alpha value is -3.46. The number of carbonyl (C=O) groups excluding carboxylic acids is 1. The quantitative estimate of drug-likeness (QED) is 0.372. The van der Waals surface area contributed by atoms with Crippen molar-refractivity contribution in [2.24, 2.45) is 0 Å². The van der Waals surface area contributed by atoms with E-state index in [-0.39, 0.29) is 18.1 Å². The van der Waals surface area contributed by atoms with Crippen molar-refractivity contribution in [2.75, 3.05) is 0 Å². The summed E-state index contributed by atoms with van der Waals surface area (Å²) in [5, 5.41) is 11.8. The molecule has 0 aliphatic heterocycles. The number of benzene rings is 1. The molecule has 0 unspecified atom stereocenters. The summed E-state index contributed by atoms with van der Waals surface area (Å²) in [5.41, 5.74) is 2.90. The van der Waals surface area contributed by atoms with E-state index in [0.29, 0.717) is 22.4 Å². The number of aromatic nitrogens is 5. The fourth-order valence-corrected chi connectivity index (χ4v) is 3.45. The van der Waals surface area contributed by atoms with E-state index in [4.69, 9.17) is 4.42 Å². The van der Waals surface area contributed by atoms with Gasteiger partial charge in [-0.3, -0.25) is 4.79 Å². The van der Waals surface area contributed by atoms with Gasteiger partial charge in [0.2, 0.25) is 0 Å². The Morgan fingerprint density at radius 3 is 2.66 bits per heavy atom. The zero-order chi connectivity index (χ0) is 20.1. The van der Waals surface area contributed by atoms with Gasteiger partial charge in [-0.2, -0.15) is 0 Å². The Morgan fingerprint density at radius 1 is 1.14 bits per heavy atom. The van der Waals surface area contributed by atoms with E-state index in [9.17, 15) is 4.79 Å². The van der Waals surface area contributed by atoms with Gasteiger partial charge in [-0.25, -0.2) is 14.6 Å². The molecule has 8 nitrogen and oxygen atoms in total. The molecular formula is C20H18N6O2S. The first-order valence-corrected chi connectivity index (χ1v) is 9.91. The van der Waals surface area contributed by atoms with E-state index < -0.39 is 0 Å². The summed E-state index contributed by atoms with van der Waals surface area (Å²) < 4.78 is 6.94. The fraction of sp³-hybridized carbons (Fsp3) is 0.150. The van der Waals surface area contributed by atoms with Crippen LogP contribution >= 0.6 is 11.8 Å². The predicted octanol–water partition coefficient (Wildman–Crippen LogP) is 3.18. The standard InChI is InChI=1S/C20H18N6O2S/c1-14-5-7-15(8-6-14)26-17(13-29-20-21-9-3-10-22-20)18(24-25-26)19(27)23-12-16-4-2-11-28-16/h2-11H,12-13H2,1H3,(H,23,27). The molecule has 0 radical (unpaired) electrons. The van der Waals surface area contributed by atoms with E-state index >= 15 is 0 Å². The van der Waals surface area contributed by atoms with Crippen LogP contribution < -0.4 is 5.32 Å². The van der Waals surface area contributed by atoms with Crippen LogP contribution in [-0.4, -0.2) is 30.9 Å². The number of amides is 1. The van der Waals surface area contributed by atoms with Crippen molar-refractivity contribution in [1.82, 2.24) is 30.3 Å². The van der Waals surface area contributed by atoms with Crippen molar-refractivity contribution in [3.63, 3.8) is 0 Å². The lowest BCUT2D eigenvalue weighted by Gasteiger charge is -2.08. The molecule has 146 valence electrons. The monoisotopic (exact) mass is 406 g/mol. The van der Waals surface area contributed by atoms with Crippen molar-refractivity contribution in [2.45, 2.75) is 24.4 Å². The lowest BCUT2D eigenvalue weighted by atomic mass is 10.2. The lowest BCUT2D eigenvalue weighted by molar-refractivity contribution is 0.0942. The van der Waals surface area contributed by atoms with E-state index in [1.165, 1.54) is 11.8 Å². The Morgan fingerprint density at radius 2 is 1.93 bits per heavy atom. The molecule has 0 aliphatic rings. The molecule has 4 rings (SSSR count). The molecule has 1 amide bonds. The maximum atomic E-state index is 12.8. The summed E-state index contributed by atoms with van der Waals surface area (Å²) in [6.45, 7) is 2.29. The zero-order valence-electron chi connectivity index (χ0n) is 15.6. The van der Waals surface area contributed by atoms with Crippen molar-refractivity contribution >= 4 is 17.7 Å². The molecule has 0 aliphatic carbocycles. The van der Waals surface area contributed by atoms with Crippen molar-refractivity contribution in [1.29, 1.82) is 0 Å². The van der Waals surface area contributed by atoms with Gasteiger partial charge in [0.05, 0.1) is 24.2 Å². The molecule has 29 heavy (non-hydrogen) atoms. The third-order valence-electron chi connectivity index (χ3n) is 4.14. The molecule has 1 N–H and O–H groups in total. The Bertz CT molecular complexity index is 1080. The second kappa shape index (κ2) is 8.70. The highest BCUT2D eigenvalue weighted by Crippen LogP contribution is 2.23. The topological polar surface area (TPSA) is 98.7 Å². The van der Waals surface area contributed by atoms with Crippen LogP contribution in [0.15, 0.2) is 70.7 Å². The SMILES string of the molecule is Cc1ccc(-n2nnc(C(=O)NCc3ccco3)c2CSc2ncccn2)cc1. The minimum Gasteiger partial charge on any atom is -0.467 e. The van der Waals surface area contributed by atoms with Gasteiger partial charge in [0.15, 0.2) is 10.9 Å². The zero-order valence-corrected chi connectivity index (χ0v) is 16.5. The van der Waals surface area contributed by atoms with E-state index in [0.717, 1.165) is 11.3 Å². The highest BCUT2D eigenvalue weighted by atomic mass is 32.2. The maximum absolute atomic E-state index is 12.8. The van der Waals surface area contributed by atoms with Crippen molar-refractivity contribution in [3.05, 3.63) is 83.8 Å². The summed E-state index contributed by atoms with van der Waals surface area (Å²) in [5.74, 6) is 0.788. The number of rotatable bonds is 7. The van der Waals surface area contributed by atoms with Gasteiger partial charge in [-0.1, -0.05) is 34.7 Å². The van der Waals surface area contributed by atoms with Gasteiger partial charge in [-0.15, -0.1) is 5.10 Å². The number of aryl methyl sites for hydroxylation is 1. The van der Waals surface area contributed by atoms with Crippen LogP contribution in [0.1, 0.15) is 27.5 Å². The highest BCUT2D eigenvalue weighted by molar-refractivity contribution is 7.98.